The van der Waals surface area contributed by atoms with E-state index in [9.17, 15) is 25.3 Å². The van der Waals surface area contributed by atoms with Crippen molar-refractivity contribution in [1.29, 1.82) is 0 Å². The monoisotopic (exact) mass is 417 g/mol. The van der Waals surface area contributed by atoms with Gasteiger partial charge in [-0.25, -0.2) is 0 Å². The Labute approximate surface area is 178 Å². The minimum atomic E-state index is -1.10. The molecule has 4 N–H and O–H groups in total. The summed E-state index contributed by atoms with van der Waals surface area (Å²) in [5.74, 6) is 0.494. The highest BCUT2D eigenvalue weighted by Crippen LogP contribution is 2.70. The maximum atomic E-state index is 12.2. The quantitative estimate of drug-likeness (QED) is 0.314. The largest absolute Gasteiger partial charge is 0.411 e. The fraction of sp³-hybridized carbons (Fsp3) is 0.833. The van der Waals surface area contributed by atoms with Crippen molar-refractivity contribution in [1.82, 2.24) is 0 Å². The Balaban J connectivity index is 1.53. The molecule has 0 radical (unpaired) electrons. The molecule has 8 atom stereocenters. The van der Waals surface area contributed by atoms with Crippen LogP contribution in [0.3, 0.4) is 0 Å². The zero-order valence-corrected chi connectivity index (χ0v) is 17.9. The molecule has 0 aromatic heterocycles. The number of hydrogen-bond acceptors (Lipinski definition) is 6. The third kappa shape index (κ3) is 2.47. The van der Waals surface area contributed by atoms with E-state index in [1.54, 1.807) is 0 Å². The van der Waals surface area contributed by atoms with Crippen molar-refractivity contribution in [2.24, 2.45) is 33.7 Å². The van der Waals surface area contributed by atoms with E-state index >= 15 is 0 Å². The first-order chi connectivity index (χ1) is 14.2. The third-order valence-electron chi connectivity index (χ3n) is 10.2. The number of fused-ring (bicyclic) bond motifs is 5. The summed E-state index contributed by atoms with van der Waals surface area (Å²) in [6, 6.07) is 0. The lowest BCUT2D eigenvalue weighted by Gasteiger charge is -2.65. The number of aliphatic hydroxyl groups is 3. The third-order valence-corrected chi connectivity index (χ3v) is 10.2. The molecule has 0 heterocycles. The molecule has 0 amide bonds. The number of carbonyl (C=O) groups excluding carboxylic acids is 1. The highest BCUT2D eigenvalue weighted by Gasteiger charge is 2.71. The molecular formula is C24H35NO5. The molecule has 4 saturated carbocycles. The van der Waals surface area contributed by atoms with Gasteiger partial charge in [0.2, 0.25) is 0 Å². The van der Waals surface area contributed by atoms with Gasteiger partial charge in [-0.15, -0.1) is 5.16 Å². The van der Waals surface area contributed by atoms with Crippen LogP contribution in [0.25, 0.3) is 0 Å². The Hall–Kier alpha value is -1.24. The topological polar surface area (TPSA) is 110 Å². The fourth-order valence-corrected chi connectivity index (χ4v) is 8.77. The number of nitrogens with zero attached hydrogens (tertiary/aromatic N) is 1. The molecule has 5 aliphatic carbocycles. The predicted octanol–water partition coefficient (Wildman–Crippen LogP) is 2.97. The number of oxime groups is 1. The fourth-order valence-electron chi connectivity index (χ4n) is 8.77. The average Bonchev–Trinajstić information content (AvgIpc) is 3.23. The second-order valence-electron chi connectivity index (χ2n) is 11.1. The summed E-state index contributed by atoms with van der Waals surface area (Å²) in [5, 5.41) is 47.1. The van der Waals surface area contributed by atoms with Crippen molar-refractivity contribution in [2.75, 3.05) is 0 Å². The number of carbonyl (C=O) groups is 1. The molecule has 0 aliphatic heterocycles. The van der Waals surface area contributed by atoms with E-state index in [0.29, 0.717) is 44.9 Å². The van der Waals surface area contributed by atoms with Gasteiger partial charge in [0, 0.05) is 23.7 Å². The summed E-state index contributed by atoms with van der Waals surface area (Å²) < 4.78 is 0. The maximum Gasteiger partial charge on any atom is 0.155 e. The molecule has 0 aromatic rings. The van der Waals surface area contributed by atoms with Crippen molar-refractivity contribution in [2.45, 2.75) is 94.9 Å². The summed E-state index contributed by atoms with van der Waals surface area (Å²) in [7, 11) is 0. The first kappa shape index (κ1) is 20.7. The van der Waals surface area contributed by atoms with Crippen LogP contribution in [0.15, 0.2) is 16.8 Å². The lowest BCUT2D eigenvalue weighted by Crippen LogP contribution is -2.68. The van der Waals surface area contributed by atoms with Gasteiger partial charge in [-0.2, -0.15) is 0 Å². The van der Waals surface area contributed by atoms with Crippen molar-refractivity contribution >= 4 is 12.0 Å². The lowest BCUT2D eigenvalue weighted by atomic mass is 9.41. The van der Waals surface area contributed by atoms with Crippen LogP contribution in [-0.4, -0.2) is 49.8 Å². The van der Waals surface area contributed by atoms with Gasteiger partial charge in [0.05, 0.1) is 23.5 Å². The minimum absolute atomic E-state index is 0.0208. The lowest BCUT2D eigenvalue weighted by molar-refractivity contribution is -0.237. The molecule has 4 fully saturated rings. The summed E-state index contributed by atoms with van der Waals surface area (Å²) in [6.07, 6.45) is 10.2. The molecule has 6 heteroatoms. The van der Waals surface area contributed by atoms with Crippen molar-refractivity contribution < 1.29 is 25.3 Å². The van der Waals surface area contributed by atoms with Crippen LogP contribution >= 0.6 is 0 Å². The van der Waals surface area contributed by atoms with Crippen molar-refractivity contribution in [3.8, 4) is 0 Å². The zero-order valence-electron chi connectivity index (χ0n) is 17.9. The van der Waals surface area contributed by atoms with Gasteiger partial charge in [0.1, 0.15) is 0 Å². The normalized spacial score (nSPS) is 53.3. The molecule has 0 saturated heterocycles. The van der Waals surface area contributed by atoms with Gasteiger partial charge in [0.25, 0.3) is 0 Å². The SMILES string of the molecule is CC12CC[C@H]3[C@@H](CCC4(O)CC(O)CCC34/C=N\O)C1(O)CCC2C1=CC(=O)CC1. The van der Waals surface area contributed by atoms with Crippen LogP contribution in [0.1, 0.15) is 77.6 Å². The number of ketones is 1. The van der Waals surface area contributed by atoms with Gasteiger partial charge in [-0.1, -0.05) is 12.5 Å². The van der Waals surface area contributed by atoms with E-state index in [0.717, 1.165) is 25.7 Å². The zero-order chi connectivity index (χ0) is 21.4. The summed E-state index contributed by atoms with van der Waals surface area (Å²) in [4.78, 5) is 11.9. The van der Waals surface area contributed by atoms with Gasteiger partial charge in [-0.3, -0.25) is 4.79 Å². The second-order valence-corrected chi connectivity index (χ2v) is 11.1. The first-order valence-electron chi connectivity index (χ1n) is 11.7. The molecule has 0 aromatic carbocycles. The summed E-state index contributed by atoms with van der Waals surface area (Å²) in [6.45, 7) is 2.21. The highest BCUT2D eigenvalue weighted by atomic mass is 16.4. The Morgan fingerprint density at radius 3 is 2.50 bits per heavy atom. The van der Waals surface area contributed by atoms with E-state index < -0.39 is 22.7 Å². The van der Waals surface area contributed by atoms with Crippen LogP contribution in [0.5, 0.6) is 0 Å². The van der Waals surface area contributed by atoms with E-state index in [1.807, 2.05) is 6.08 Å². The molecule has 30 heavy (non-hydrogen) atoms. The Kier molecular flexibility index (Phi) is 4.56. The smallest absolute Gasteiger partial charge is 0.155 e. The number of allylic oxidation sites excluding steroid dienone is 2. The number of hydrogen-bond donors (Lipinski definition) is 4. The van der Waals surface area contributed by atoms with Crippen molar-refractivity contribution in [3.05, 3.63) is 11.6 Å². The number of aliphatic hydroxyl groups excluding tert-OH is 1. The van der Waals surface area contributed by atoms with Gasteiger partial charge in [-0.05, 0) is 81.6 Å². The Morgan fingerprint density at radius 2 is 1.80 bits per heavy atom. The van der Waals surface area contributed by atoms with E-state index in [2.05, 4.69) is 12.1 Å². The second kappa shape index (κ2) is 6.63. The van der Waals surface area contributed by atoms with E-state index in [-0.39, 0.29) is 29.0 Å². The Morgan fingerprint density at radius 1 is 1.03 bits per heavy atom. The molecule has 6 unspecified atom stereocenters. The van der Waals surface area contributed by atoms with Gasteiger partial charge < -0.3 is 20.5 Å². The molecule has 6 nitrogen and oxygen atoms in total. The molecular weight excluding hydrogens is 382 g/mol. The molecule has 5 aliphatic rings. The van der Waals surface area contributed by atoms with Gasteiger partial charge in [0.15, 0.2) is 5.78 Å². The maximum absolute atomic E-state index is 12.2. The first-order valence-corrected chi connectivity index (χ1v) is 11.7. The van der Waals surface area contributed by atoms with Crippen molar-refractivity contribution in [3.63, 3.8) is 0 Å². The van der Waals surface area contributed by atoms with Crippen LogP contribution in [0.4, 0.5) is 0 Å². The summed E-state index contributed by atoms with van der Waals surface area (Å²) in [5.41, 5.74) is -1.70. The van der Waals surface area contributed by atoms with Crippen LogP contribution < -0.4 is 0 Å². The standard InChI is InChI=1S/C24H35NO5/c1-21-8-5-19-20(24(21,29)11-7-18(21)15-2-3-16(26)12-15)6-10-23(28)13-17(27)4-9-22(19,23)14-25-30/h12,14,17-20,27-30H,2-11,13H2,1H3/b25-14-/t17?,18?,19-,20+,21?,22?,23?,24?/m0/s1. The van der Waals surface area contributed by atoms with Crippen LogP contribution in [-0.2, 0) is 4.79 Å². The predicted molar refractivity (Wildman–Crippen MR) is 111 cm³/mol. The van der Waals surface area contributed by atoms with E-state index in [4.69, 9.17) is 0 Å². The highest BCUT2D eigenvalue weighted by molar-refractivity contribution is 5.93. The molecule has 0 spiro atoms. The van der Waals surface area contributed by atoms with E-state index in [1.165, 1.54) is 11.8 Å². The van der Waals surface area contributed by atoms with Crippen LogP contribution in [0, 0.1) is 28.6 Å². The average molecular weight is 418 g/mol. The molecule has 0 bridgehead atoms. The molecule has 166 valence electrons. The summed E-state index contributed by atoms with van der Waals surface area (Å²) >= 11 is 0. The van der Waals surface area contributed by atoms with Crippen LogP contribution in [0.2, 0.25) is 0 Å². The number of rotatable bonds is 2. The molecule has 5 rings (SSSR count). The Bertz CT molecular complexity index is 809. The minimum Gasteiger partial charge on any atom is -0.411 e. The van der Waals surface area contributed by atoms with Gasteiger partial charge >= 0.3 is 0 Å².